The second-order valence-corrected chi connectivity index (χ2v) is 5.59. The first-order chi connectivity index (χ1) is 8.94. The van der Waals surface area contributed by atoms with Crippen molar-refractivity contribution in [1.82, 2.24) is 4.90 Å². The first kappa shape index (κ1) is 14.0. The van der Waals surface area contributed by atoms with Crippen molar-refractivity contribution in [1.29, 1.82) is 0 Å². The largest absolute Gasteiger partial charge is 0.465 e. The number of aliphatic hydroxyl groups is 1. The van der Waals surface area contributed by atoms with Crippen LogP contribution in [0, 0.1) is 5.92 Å². The van der Waals surface area contributed by atoms with Gasteiger partial charge in [-0.25, -0.2) is 4.79 Å². The van der Waals surface area contributed by atoms with E-state index in [0.29, 0.717) is 18.7 Å². The van der Waals surface area contributed by atoms with Crippen LogP contribution in [0.2, 0.25) is 0 Å². The summed E-state index contributed by atoms with van der Waals surface area (Å²) in [7, 11) is 1.38. The lowest BCUT2D eigenvalue weighted by molar-refractivity contribution is -0.130. The van der Waals surface area contributed by atoms with E-state index < -0.39 is 5.60 Å². The van der Waals surface area contributed by atoms with Gasteiger partial charge in [0.2, 0.25) is 0 Å². The van der Waals surface area contributed by atoms with Gasteiger partial charge < -0.3 is 9.84 Å². The van der Waals surface area contributed by atoms with Crippen molar-refractivity contribution in [3.63, 3.8) is 0 Å². The summed E-state index contributed by atoms with van der Waals surface area (Å²) in [4.78, 5) is 13.5. The number of carbonyl (C=O) groups is 1. The molecule has 1 N–H and O–H groups in total. The Morgan fingerprint density at radius 1 is 1.37 bits per heavy atom. The Balaban J connectivity index is 1.90. The Kier molecular flexibility index (Phi) is 3.92. The molecule has 104 valence electrons. The maximum absolute atomic E-state index is 11.3. The molecular formula is C15H21NO3. The normalized spacial score (nSPS) is 18.2. The molecule has 1 aliphatic heterocycles. The van der Waals surface area contributed by atoms with Gasteiger partial charge in [-0.3, -0.25) is 4.90 Å². The van der Waals surface area contributed by atoms with Crippen LogP contribution in [0.4, 0.5) is 0 Å². The predicted octanol–water partition coefficient (Wildman–Crippen LogP) is 1.68. The molecule has 1 aromatic rings. The molecule has 0 saturated carbocycles. The molecule has 0 aromatic heterocycles. The highest BCUT2D eigenvalue weighted by molar-refractivity contribution is 5.89. The number of β-amino-alcohol motifs (C(OH)–C–C–N with tert-alkyl or cyclic N) is 1. The summed E-state index contributed by atoms with van der Waals surface area (Å²) in [5.41, 5.74) is 1.17. The van der Waals surface area contributed by atoms with Crippen molar-refractivity contribution in [2.45, 2.75) is 26.0 Å². The van der Waals surface area contributed by atoms with Gasteiger partial charge in [-0.15, -0.1) is 0 Å². The smallest absolute Gasteiger partial charge is 0.337 e. The van der Waals surface area contributed by atoms with Gasteiger partial charge in [0.05, 0.1) is 18.3 Å². The third-order valence-corrected chi connectivity index (χ3v) is 3.85. The third kappa shape index (κ3) is 2.96. The molecule has 0 unspecified atom stereocenters. The van der Waals surface area contributed by atoms with Crippen LogP contribution in [0.3, 0.4) is 0 Å². The van der Waals surface area contributed by atoms with E-state index in [4.69, 9.17) is 0 Å². The van der Waals surface area contributed by atoms with Gasteiger partial charge in [-0.1, -0.05) is 26.0 Å². The Hall–Kier alpha value is -1.39. The van der Waals surface area contributed by atoms with Crippen molar-refractivity contribution < 1.29 is 14.6 Å². The maximum Gasteiger partial charge on any atom is 0.337 e. The van der Waals surface area contributed by atoms with Gasteiger partial charge in [0, 0.05) is 19.6 Å². The highest BCUT2D eigenvalue weighted by Crippen LogP contribution is 2.29. The van der Waals surface area contributed by atoms with Gasteiger partial charge in [-0.2, -0.15) is 0 Å². The van der Waals surface area contributed by atoms with Crippen molar-refractivity contribution >= 4 is 5.97 Å². The van der Waals surface area contributed by atoms with E-state index in [2.05, 4.69) is 9.64 Å². The number of methoxy groups -OCH3 is 1. The molecule has 0 radical (unpaired) electrons. The SMILES string of the molecule is COC(=O)c1ccc(CN2CC(O)(C(C)C)C2)cc1. The lowest BCUT2D eigenvalue weighted by Gasteiger charge is -2.49. The molecule has 0 spiro atoms. The zero-order chi connectivity index (χ0) is 14.0. The Morgan fingerprint density at radius 2 is 1.95 bits per heavy atom. The molecule has 0 bridgehead atoms. The van der Waals surface area contributed by atoms with E-state index in [1.807, 2.05) is 26.0 Å². The number of nitrogens with zero attached hydrogens (tertiary/aromatic N) is 1. The summed E-state index contributed by atoms with van der Waals surface area (Å²) in [6.07, 6.45) is 0. The molecule has 1 aromatic carbocycles. The molecule has 0 amide bonds. The van der Waals surface area contributed by atoms with E-state index >= 15 is 0 Å². The van der Waals surface area contributed by atoms with Crippen LogP contribution in [-0.4, -0.2) is 41.8 Å². The van der Waals surface area contributed by atoms with Gasteiger partial charge in [0.1, 0.15) is 0 Å². The molecule has 0 aliphatic carbocycles. The second-order valence-electron chi connectivity index (χ2n) is 5.59. The fraction of sp³-hybridized carbons (Fsp3) is 0.533. The van der Waals surface area contributed by atoms with Crippen molar-refractivity contribution in [2.24, 2.45) is 5.92 Å². The molecule has 1 heterocycles. The van der Waals surface area contributed by atoms with Crippen molar-refractivity contribution in [3.05, 3.63) is 35.4 Å². The van der Waals surface area contributed by atoms with E-state index in [0.717, 1.165) is 12.1 Å². The van der Waals surface area contributed by atoms with Crippen molar-refractivity contribution in [2.75, 3.05) is 20.2 Å². The number of rotatable bonds is 4. The number of carbonyl (C=O) groups excluding carboxylic acids is 1. The minimum absolute atomic E-state index is 0.283. The summed E-state index contributed by atoms with van der Waals surface area (Å²) in [5, 5.41) is 10.2. The minimum Gasteiger partial charge on any atom is -0.465 e. The number of ether oxygens (including phenoxy) is 1. The summed E-state index contributed by atoms with van der Waals surface area (Å²) >= 11 is 0. The number of benzene rings is 1. The average Bonchev–Trinajstić information content (AvgIpc) is 2.36. The number of esters is 1. The van der Waals surface area contributed by atoms with Crippen LogP contribution >= 0.6 is 0 Å². The third-order valence-electron chi connectivity index (χ3n) is 3.85. The molecule has 1 saturated heterocycles. The van der Waals surface area contributed by atoms with Crippen molar-refractivity contribution in [3.8, 4) is 0 Å². The van der Waals surface area contributed by atoms with E-state index in [1.54, 1.807) is 12.1 Å². The van der Waals surface area contributed by atoms with E-state index in [9.17, 15) is 9.90 Å². The Labute approximate surface area is 114 Å². The lowest BCUT2D eigenvalue weighted by Crippen LogP contribution is -2.63. The molecule has 2 rings (SSSR count). The fourth-order valence-electron chi connectivity index (χ4n) is 2.33. The number of hydrogen-bond acceptors (Lipinski definition) is 4. The molecule has 1 aliphatic rings. The summed E-state index contributed by atoms with van der Waals surface area (Å²) in [5.74, 6) is -0.0323. The zero-order valence-corrected chi connectivity index (χ0v) is 11.7. The van der Waals surface area contributed by atoms with Crippen LogP contribution in [0.15, 0.2) is 24.3 Å². The van der Waals surface area contributed by atoms with E-state index in [-0.39, 0.29) is 11.9 Å². The monoisotopic (exact) mass is 263 g/mol. The summed E-state index contributed by atoms with van der Waals surface area (Å²) in [6, 6.07) is 7.41. The molecule has 1 fully saturated rings. The minimum atomic E-state index is -0.536. The molecular weight excluding hydrogens is 242 g/mol. The van der Waals surface area contributed by atoms with Gasteiger partial charge >= 0.3 is 5.97 Å². The highest BCUT2D eigenvalue weighted by Gasteiger charge is 2.43. The van der Waals surface area contributed by atoms with Crippen LogP contribution in [0.5, 0.6) is 0 Å². The number of likely N-dealkylation sites (tertiary alicyclic amines) is 1. The first-order valence-corrected chi connectivity index (χ1v) is 6.56. The molecule has 19 heavy (non-hydrogen) atoms. The first-order valence-electron chi connectivity index (χ1n) is 6.56. The molecule has 4 nitrogen and oxygen atoms in total. The van der Waals surface area contributed by atoms with Crippen LogP contribution in [-0.2, 0) is 11.3 Å². The van der Waals surface area contributed by atoms with Crippen LogP contribution < -0.4 is 0 Å². The van der Waals surface area contributed by atoms with Crippen LogP contribution in [0.1, 0.15) is 29.8 Å². The second kappa shape index (κ2) is 5.31. The predicted molar refractivity (Wildman–Crippen MR) is 72.8 cm³/mol. The Morgan fingerprint density at radius 3 is 2.42 bits per heavy atom. The van der Waals surface area contributed by atoms with E-state index in [1.165, 1.54) is 7.11 Å². The number of hydrogen-bond donors (Lipinski definition) is 1. The average molecular weight is 263 g/mol. The quantitative estimate of drug-likeness (QED) is 0.840. The lowest BCUT2D eigenvalue weighted by atomic mass is 9.83. The fourth-order valence-corrected chi connectivity index (χ4v) is 2.33. The summed E-state index contributed by atoms with van der Waals surface area (Å²) < 4.78 is 4.66. The Bertz CT molecular complexity index is 447. The standard InChI is InChI=1S/C15H21NO3/c1-11(2)15(18)9-16(10-15)8-12-4-6-13(7-5-12)14(17)19-3/h4-7,11,18H,8-10H2,1-3H3. The zero-order valence-electron chi connectivity index (χ0n) is 11.7. The molecule has 4 heteroatoms. The van der Waals surface area contributed by atoms with Gasteiger partial charge in [0.25, 0.3) is 0 Å². The van der Waals surface area contributed by atoms with Gasteiger partial charge in [-0.05, 0) is 23.6 Å². The van der Waals surface area contributed by atoms with Crippen LogP contribution in [0.25, 0.3) is 0 Å². The maximum atomic E-state index is 11.3. The summed E-state index contributed by atoms with van der Waals surface area (Å²) in [6.45, 7) is 6.31. The molecule has 0 atom stereocenters. The van der Waals surface area contributed by atoms with Gasteiger partial charge in [0.15, 0.2) is 0 Å². The highest BCUT2D eigenvalue weighted by atomic mass is 16.5. The topological polar surface area (TPSA) is 49.8 Å².